The molecule has 3 rings (SSSR count). The van der Waals surface area contributed by atoms with Crippen LogP contribution < -0.4 is 4.74 Å². The van der Waals surface area contributed by atoms with Gasteiger partial charge in [0.15, 0.2) is 6.10 Å². The Morgan fingerprint density at radius 3 is 2.84 bits per heavy atom. The molecule has 0 saturated carbocycles. The maximum Gasteiger partial charge on any atom is 0.339 e. The molecule has 0 spiro atoms. The molecule has 4 nitrogen and oxygen atoms in total. The third kappa shape index (κ3) is 3.83. The lowest BCUT2D eigenvalue weighted by atomic mass is 9.77. The number of carbonyl (C=O) groups is 1. The van der Waals surface area contributed by atoms with Gasteiger partial charge in [0.1, 0.15) is 11.4 Å². The number of aromatic nitrogens is 1. The van der Waals surface area contributed by atoms with E-state index in [9.17, 15) is 4.79 Å². The Morgan fingerprint density at radius 1 is 1.32 bits per heavy atom. The summed E-state index contributed by atoms with van der Waals surface area (Å²) in [6.45, 7) is 6.52. The number of hydrogen-bond donors (Lipinski definition) is 0. The topological polar surface area (TPSA) is 48.4 Å². The highest BCUT2D eigenvalue weighted by atomic mass is 16.5. The van der Waals surface area contributed by atoms with Crippen LogP contribution in [0.15, 0.2) is 42.6 Å². The van der Waals surface area contributed by atoms with Gasteiger partial charge in [-0.2, -0.15) is 0 Å². The monoisotopic (exact) mass is 335 g/mol. The van der Waals surface area contributed by atoms with E-state index in [0.717, 1.165) is 12.2 Å². The first-order chi connectivity index (χ1) is 12.0. The zero-order valence-corrected chi connectivity index (χ0v) is 14.7. The van der Waals surface area contributed by atoms with E-state index in [1.807, 2.05) is 18.2 Å². The lowest BCUT2D eigenvalue weighted by molar-refractivity contribution is 0.0526. The van der Waals surface area contributed by atoms with Crippen LogP contribution in [0, 0.1) is 11.8 Å². The number of para-hydroxylation sites is 1. The van der Waals surface area contributed by atoms with E-state index in [2.05, 4.69) is 36.7 Å². The maximum absolute atomic E-state index is 11.6. The highest BCUT2D eigenvalue weighted by molar-refractivity contribution is 5.89. The van der Waals surface area contributed by atoms with Crippen molar-refractivity contribution < 1.29 is 14.3 Å². The summed E-state index contributed by atoms with van der Waals surface area (Å²) >= 11 is 0. The summed E-state index contributed by atoms with van der Waals surface area (Å²) in [5.74, 6) is 6.72. The van der Waals surface area contributed by atoms with Crippen molar-refractivity contribution in [2.45, 2.75) is 38.7 Å². The van der Waals surface area contributed by atoms with Crippen molar-refractivity contribution in [3.05, 3.63) is 59.4 Å². The molecule has 0 saturated heterocycles. The van der Waals surface area contributed by atoms with Crippen LogP contribution in [0.3, 0.4) is 0 Å². The van der Waals surface area contributed by atoms with Crippen molar-refractivity contribution in [2.75, 3.05) is 6.61 Å². The Labute approximate surface area is 148 Å². The summed E-state index contributed by atoms with van der Waals surface area (Å²) in [5.41, 5.74) is 2.25. The van der Waals surface area contributed by atoms with Gasteiger partial charge in [0.05, 0.1) is 12.2 Å². The van der Waals surface area contributed by atoms with Gasteiger partial charge in [-0.05, 0) is 42.0 Å². The van der Waals surface area contributed by atoms with Crippen molar-refractivity contribution >= 4 is 5.97 Å². The second-order valence-corrected chi connectivity index (χ2v) is 6.61. The molecule has 1 aliphatic heterocycles. The van der Waals surface area contributed by atoms with E-state index in [1.165, 1.54) is 11.8 Å². The summed E-state index contributed by atoms with van der Waals surface area (Å²) in [6.07, 6.45) is 2.12. The minimum absolute atomic E-state index is 0.00931. The molecule has 4 heteroatoms. The molecular weight excluding hydrogens is 314 g/mol. The first-order valence-corrected chi connectivity index (χ1v) is 8.40. The maximum atomic E-state index is 11.6. The predicted octanol–water partition coefficient (Wildman–Crippen LogP) is 3.74. The molecular formula is C21H21NO3. The van der Waals surface area contributed by atoms with Gasteiger partial charge in [-0.25, -0.2) is 9.78 Å². The third-order valence-corrected chi connectivity index (χ3v) is 4.22. The molecule has 1 unspecified atom stereocenters. The van der Waals surface area contributed by atoms with Crippen LogP contribution in [-0.4, -0.2) is 23.7 Å². The van der Waals surface area contributed by atoms with Crippen molar-refractivity contribution in [2.24, 2.45) is 0 Å². The van der Waals surface area contributed by atoms with Crippen molar-refractivity contribution in [3.8, 4) is 17.6 Å². The molecule has 0 aliphatic carbocycles. The van der Waals surface area contributed by atoms with Gasteiger partial charge in [0.2, 0.25) is 0 Å². The van der Waals surface area contributed by atoms with Crippen LogP contribution in [0.1, 0.15) is 48.8 Å². The largest absolute Gasteiger partial charge is 0.477 e. The second-order valence-electron chi connectivity index (χ2n) is 6.61. The van der Waals surface area contributed by atoms with Crippen molar-refractivity contribution in [1.29, 1.82) is 0 Å². The Bertz CT molecular complexity index is 828. The van der Waals surface area contributed by atoms with E-state index < -0.39 is 0 Å². The first kappa shape index (κ1) is 17.0. The Morgan fingerprint density at radius 2 is 2.12 bits per heavy atom. The SMILES string of the molecule is CCOC(=O)c1ccc(C#CC2CC(C)(C)c3ccccc3O2)nc1. The smallest absolute Gasteiger partial charge is 0.339 e. The van der Waals surface area contributed by atoms with Crippen LogP contribution >= 0.6 is 0 Å². The number of hydrogen-bond acceptors (Lipinski definition) is 4. The number of nitrogens with zero attached hydrogens (tertiary/aromatic N) is 1. The summed E-state index contributed by atoms with van der Waals surface area (Å²) in [4.78, 5) is 15.8. The summed E-state index contributed by atoms with van der Waals surface area (Å²) in [5, 5.41) is 0. The average Bonchev–Trinajstić information content (AvgIpc) is 2.60. The normalized spacial score (nSPS) is 17.5. The van der Waals surface area contributed by atoms with Gasteiger partial charge >= 0.3 is 5.97 Å². The lowest BCUT2D eigenvalue weighted by Crippen LogP contribution is -2.33. The van der Waals surface area contributed by atoms with Crippen LogP contribution in [0.4, 0.5) is 0 Å². The summed E-state index contributed by atoms with van der Waals surface area (Å²) < 4.78 is 11.0. The van der Waals surface area contributed by atoms with E-state index in [-0.39, 0.29) is 17.5 Å². The molecule has 0 bridgehead atoms. The fourth-order valence-corrected chi connectivity index (χ4v) is 2.93. The van der Waals surface area contributed by atoms with Crippen molar-refractivity contribution in [3.63, 3.8) is 0 Å². The van der Waals surface area contributed by atoms with E-state index >= 15 is 0 Å². The molecule has 25 heavy (non-hydrogen) atoms. The molecule has 0 radical (unpaired) electrons. The van der Waals surface area contributed by atoms with Gasteiger partial charge in [0, 0.05) is 12.6 Å². The summed E-state index contributed by atoms with van der Waals surface area (Å²) in [6, 6.07) is 11.5. The Hall–Kier alpha value is -2.80. The Balaban J connectivity index is 1.75. The van der Waals surface area contributed by atoms with Gasteiger partial charge in [-0.15, -0.1) is 0 Å². The third-order valence-electron chi connectivity index (χ3n) is 4.22. The van der Waals surface area contributed by atoms with Crippen LogP contribution in [-0.2, 0) is 10.2 Å². The fourth-order valence-electron chi connectivity index (χ4n) is 2.93. The predicted molar refractivity (Wildman–Crippen MR) is 95.6 cm³/mol. The van der Waals surface area contributed by atoms with Crippen LogP contribution in [0.25, 0.3) is 0 Å². The molecule has 1 aromatic carbocycles. The standard InChI is InChI=1S/C21H21NO3/c1-4-24-20(23)15-9-10-16(22-14-15)11-12-17-13-21(2,3)18-7-5-6-8-19(18)25-17/h5-10,14,17H,4,13H2,1-3H3. The number of fused-ring (bicyclic) bond motifs is 1. The molecule has 2 aromatic rings. The minimum atomic E-state index is -0.372. The molecule has 1 aliphatic rings. The first-order valence-electron chi connectivity index (χ1n) is 8.40. The van der Waals surface area contributed by atoms with Gasteiger partial charge in [-0.1, -0.05) is 38.0 Å². The zero-order chi connectivity index (χ0) is 17.9. The van der Waals surface area contributed by atoms with Gasteiger partial charge in [-0.3, -0.25) is 0 Å². The van der Waals surface area contributed by atoms with Gasteiger partial charge in [0.25, 0.3) is 0 Å². The quantitative estimate of drug-likeness (QED) is 0.620. The number of rotatable bonds is 2. The zero-order valence-electron chi connectivity index (χ0n) is 14.7. The Kier molecular flexibility index (Phi) is 4.76. The number of ether oxygens (including phenoxy) is 2. The van der Waals surface area contributed by atoms with E-state index in [4.69, 9.17) is 9.47 Å². The molecule has 2 heterocycles. The molecule has 0 N–H and O–H groups in total. The number of benzene rings is 1. The highest BCUT2D eigenvalue weighted by Crippen LogP contribution is 2.40. The highest BCUT2D eigenvalue weighted by Gasteiger charge is 2.33. The summed E-state index contributed by atoms with van der Waals surface area (Å²) in [7, 11) is 0. The molecule has 1 aromatic heterocycles. The number of pyridine rings is 1. The van der Waals surface area contributed by atoms with E-state index in [0.29, 0.717) is 17.9 Å². The van der Waals surface area contributed by atoms with Crippen molar-refractivity contribution in [1.82, 2.24) is 4.98 Å². The van der Waals surface area contributed by atoms with Crippen LogP contribution in [0.2, 0.25) is 0 Å². The molecule has 128 valence electrons. The minimum Gasteiger partial charge on any atom is -0.477 e. The number of carbonyl (C=O) groups excluding carboxylic acids is 1. The van der Waals surface area contributed by atoms with E-state index in [1.54, 1.807) is 19.1 Å². The fraction of sp³-hybridized carbons (Fsp3) is 0.333. The average molecular weight is 335 g/mol. The second kappa shape index (κ2) is 6.98. The molecule has 0 amide bonds. The number of esters is 1. The lowest BCUT2D eigenvalue weighted by Gasteiger charge is -2.35. The van der Waals surface area contributed by atoms with Gasteiger partial charge < -0.3 is 9.47 Å². The van der Waals surface area contributed by atoms with Crippen LogP contribution in [0.5, 0.6) is 5.75 Å². The molecule has 1 atom stereocenters. The molecule has 0 fully saturated rings.